The van der Waals surface area contributed by atoms with Crippen molar-refractivity contribution in [2.45, 2.75) is 46.3 Å². The van der Waals surface area contributed by atoms with Gasteiger partial charge in [0.1, 0.15) is 12.2 Å². The van der Waals surface area contributed by atoms with Crippen molar-refractivity contribution in [3.8, 4) is 0 Å². The summed E-state index contributed by atoms with van der Waals surface area (Å²) in [5, 5.41) is 13.8. The fourth-order valence-corrected chi connectivity index (χ4v) is 2.95. The molecule has 2 rings (SSSR count). The maximum absolute atomic E-state index is 4.17. The van der Waals surface area contributed by atoms with E-state index >= 15 is 0 Å². The number of rotatable bonds is 5. The van der Waals surface area contributed by atoms with Crippen LogP contribution in [0.25, 0.3) is 0 Å². The minimum absolute atomic E-state index is 0.349. The molecule has 98 valence electrons. The first-order valence-electron chi connectivity index (χ1n) is 6.25. The molecule has 0 aliphatic carbocycles. The van der Waals surface area contributed by atoms with E-state index in [2.05, 4.69) is 59.2 Å². The SMILES string of the molecule is Cc1ccsc1[C@H](C)NCc1nncn1C(C)C. The van der Waals surface area contributed by atoms with Gasteiger partial charge in [0, 0.05) is 17.0 Å². The monoisotopic (exact) mass is 264 g/mol. The number of hydrogen-bond acceptors (Lipinski definition) is 4. The molecule has 0 fully saturated rings. The van der Waals surface area contributed by atoms with Crippen LogP contribution in [0.1, 0.15) is 49.1 Å². The fourth-order valence-electron chi connectivity index (χ4n) is 1.99. The largest absolute Gasteiger partial charge is 0.314 e. The molecular formula is C13H20N4S. The second kappa shape index (κ2) is 5.63. The lowest BCUT2D eigenvalue weighted by Gasteiger charge is -2.15. The van der Waals surface area contributed by atoms with Gasteiger partial charge < -0.3 is 9.88 Å². The van der Waals surface area contributed by atoms with Crippen molar-refractivity contribution in [1.29, 1.82) is 0 Å². The average molecular weight is 264 g/mol. The summed E-state index contributed by atoms with van der Waals surface area (Å²) in [5.74, 6) is 0.992. The maximum atomic E-state index is 4.17. The highest BCUT2D eigenvalue weighted by atomic mass is 32.1. The third-order valence-corrected chi connectivity index (χ3v) is 4.27. The van der Waals surface area contributed by atoms with Crippen LogP contribution in [0.5, 0.6) is 0 Å². The molecule has 5 heteroatoms. The highest BCUT2D eigenvalue weighted by Gasteiger charge is 2.12. The van der Waals surface area contributed by atoms with Gasteiger partial charge in [-0.15, -0.1) is 21.5 Å². The Kier molecular flexibility index (Phi) is 4.14. The molecule has 2 heterocycles. The highest BCUT2D eigenvalue weighted by molar-refractivity contribution is 7.10. The second-order valence-corrected chi connectivity index (χ2v) is 5.77. The Bertz CT molecular complexity index is 501. The van der Waals surface area contributed by atoms with Gasteiger partial charge >= 0.3 is 0 Å². The van der Waals surface area contributed by atoms with E-state index in [-0.39, 0.29) is 0 Å². The van der Waals surface area contributed by atoms with Crippen molar-refractivity contribution in [3.63, 3.8) is 0 Å². The van der Waals surface area contributed by atoms with Crippen molar-refractivity contribution in [2.24, 2.45) is 0 Å². The molecule has 2 aromatic rings. The number of hydrogen-bond donors (Lipinski definition) is 1. The van der Waals surface area contributed by atoms with E-state index in [0.717, 1.165) is 12.4 Å². The second-order valence-electron chi connectivity index (χ2n) is 4.82. The topological polar surface area (TPSA) is 42.7 Å². The van der Waals surface area contributed by atoms with Crippen LogP contribution in [0.2, 0.25) is 0 Å². The van der Waals surface area contributed by atoms with Crippen molar-refractivity contribution >= 4 is 11.3 Å². The van der Waals surface area contributed by atoms with E-state index in [4.69, 9.17) is 0 Å². The molecule has 0 aliphatic rings. The summed E-state index contributed by atoms with van der Waals surface area (Å²) in [6.45, 7) is 9.37. The lowest BCUT2D eigenvalue weighted by Crippen LogP contribution is -2.21. The van der Waals surface area contributed by atoms with E-state index < -0.39 is 0 Å². The van der Waals surface area contributed by atoms with Crippen molar-refractivity contribution < 1.29 is 0 Å². The van der Waals surface area contributed by atoms with Gasteiger partial charge in [-0.3, -0.25) is 0 Å². The van der Waals surface area contributed by atoms with Crippen LogP contribution in [0, 0.1) is 6.92 Å². The molecule has 0 aliphatic heterocycles. The summed E-state index contributed by atoms with van der Waals surface area (Å²) in [6, 6.07) is 2.91. The first kappa shape index (κ1) is 13.2. The lowest BCUT2D eigenvalue weighted by molar-refractivity contribution is 0.511. The number of nitrogens with zero attached hydrogens (tertiary/aromatic N) is 3. The van der Waals surface area contributed by atoms with Crippen molar-refractivity contribution in [3.05, 3.63) is 34.0 Å². The van der Waals surface area contributed by atoms with Crippen LogP contribution < -0.4 is 5.32 Å². The van der Waals surface area contributed by atoms with E-state index in [1.807, 2.05) is 0 Å². The number of aryl methyl sites for hydroxylation is 1. The Hall–Kier alpha value is -1.20. The van der Waals surface area contributed by atoms with Crippen LogP contribution in [0.15, 0.2) is 17.8 Å². The molecular weight excluding hydrogens is 244 g/mol. The van der Waals surface area contributed by atoms with E-state index in [9.17, 15) is 0 Å². The molecule has 0 amide bonds. The summed E-state index contributed by atoms with van der Waals surface area (Å²) >= 11 is 1.80. The molecule has 0 spiro atoms. The molecule has 0 saturated carbocycles. The Balaban J connectivity index is 1.99. The lowest BCUT2D eigenvalue weighted by atomic mass is 10.2. The number of aromatic nitrogens is 3. The van der Waals surface area contributed by atoms with Gasteiger partial charge in [-0.05, 0) is 44.7 Å². The Morgan fingerprint density at radius 2 is 2.17 bits per heavy atom. The van der Waals surface area contributed by atoms with E-state index in [1.165, 1.54) is 10.4 Å². The zero-order valence-corrected chi connectivity index (χ0v) is 12.2. The predicted molar refractivity (Wildman–Crippen MR) is 74.7 cm³/mol. The number of thiophene rings is 1. The quantitative estimate of drug-likeness (QED) is 0.902. The van der Waals surface area contributed by atoms with Gasteiger partial charge in [0.25, 0.3) is 0 Å². The fraction of sp³-hybridized carbons (Fsp3) is 0.538. The Morgan fingerprint density at radius 1 is 1.39 bits per heavy atom. The Morgan fingerprint density at radius 3 is 2.78 bits per heavy atom. The van der Waals surface area contributed by atoms with Gasteiger partial charge in [0.15, 0.2) is 0 Å². The molecule has 0 bridgehead atoms. The van der Waals surface area contributed by atoms with Crippen LogP contribution in [-0.2, 0) is 6.54 Å². The molecule has 0 saturated heterocycles. The highest BCUT2D eigenvalue weighted by Crippen LogP contribution is 2.23. The Labute approximate surface area is 112 Å². The minimum Gasteiger partial charge on any atom is -0.314 e. The summed E-state index contributed by atoms with van der Waals surface area (Å²) < 4.78 is 2.10. The van der Waals surface area contributed by atoms with E-state index in [1.54, 1.807) is 17.7 Å². The molecule has 1 N–H and O–H groups in total. The van der Waals surface area contributed by atoms with Crippen LogP contribution >= 0.6 is 11.3 Å². The first-order valence-corrected chi connectivity index (χ1v) is 7.13. The summed E-state index contributed by atoms with van der Waals surface area (Å²) in [5.41, 5.74) is 1.35. The molecule has 4 nitrogen and oxygen atoms in total. The summed E-state index contributed by atoms with van der Waals surface area (Å²) in [4.78, 5) is 1.39. The molecule has 2 aromatic heterocycles. The minimum atomic E-state index is 0.349. The van der Waals surface area contributed by atoms with Gasteiger partial charge in [0.05, 0.1) is 6.54 Å². The molecule has 1 atom stereocenters. The third kappa shape index (κ3) is 2.79. The zero-order chi connectivity index (χ0) is 13.1. The number of nitrogens with one attached hydrogen (secondary N) is 1. The van der Waals surface area contributed by atoms with Gasteiger partial charge in [-0.1, -0.05) is 0 Å². The molecule has 0 unspecified atom stereocenters. The first-order chi connectivity index (χ1) is 8.59. The van der Waals surface area contributed by atoms with Crippen LogP contribution in [0.3, 0.4) is 0 Å². The van der Waals surface area contributed by atoms with Gasteiger partial charge in [-0.2, -0.15) is 0 Å². The smallest absolute Gasteiger partial charge is 0.147 e. The zero-order valence-electron chi connectivity index (χ0n) is 11.3. The van der Waals surface area contributed by atoms with Crippen LogP contribution in [-0.4, -0.2) is 14.8 Å². The van der Waals surface area contributed by atoms with Crippen molar-refractivity contribution in [2.75, 3.05) is 0 Å². The average Bonchev–Trinajstić information content (AvgIpc) is 2.94. The standard InChI is InChI=1S/C13H20N4S/c1-9(2)17-8-15-16-12(17)7-14-11(4)13-10(3)5-6-18-13/h5-6,8-9,11,14H,7H2,1-4H3/t11-/m0/s1. The van der Waals surface area contributed by atoms with E-state index in [0.29, 0.717) is 12.1 Å². The van der Waals surface area contributed by atoms with Crippen LogP contribution in [0.4, 0.5) is 0 Å². The predicted octanol–water partition coefficient (Wildman–Crippen LogP) is 3.08. The normalized spacial score (nSPS) is 13.2. The third-order valence-electron chi connectivity index (χ3n) is 3.06. The maximum Gasteiger partial charge on any atom is 0.147 e. The molecule has 0 radical (unpaired) electrons. The summed E-state index contributed by atoms with van der Waals surface area (Å²) in [6.07, 6.45) is 1.79. The molecule has 18 heavy (non-hydrogen) atoms. The van der Waals surface area contributed by atoms with Crippen molar-refractivity contribution in [1.82, 2.24) is 20.1 Å². The van der Waals surface area contributed by atoms with Gasteiger partial charge in [0.2, 0.25) is 0 Å². The summed E-state index contributed by atoms with van der Waals surface area (Å²) in [7, 11) is 0. The van der Waals surface area contributed by atoms with Gasteiger partial charge in [-0.25, -0.2) is 0 Å². The molecule has 0 aromatic carbocycles.